The van der Waals surface area contributed by atoms with Gasteiger partial charge in [0.15, 0.2) is 0 Å². The molecule has 0 aliphatic carbocycles. The van der Waals surface area contributed by atoms with E-state index in [1.54, 1.807) is 25.3 Å². The van der Waals surface area contributed by atoms with E-state index in [1.165, 1.54) is 5.56 Å². The average molecular weight is 270 g/mol. The number of nitrogens with one attached hydrogen (secondary N) is 1. The van der Waals surface area contributed by atoms with E-state index in [4.69, 9.17) is 10.5 Å². The molecule has 0 spiro atoms. The van der Waals surface area contributed by atoms with E-state index >= 15 is 0 Å². The Morgan fingerprint density at radius 1 is 1.20 bits per heavy atom. The molecule has 4 nitrogen and oxygen atoms in total. The quantitative estimate of drug-likeness (QED) is 0.878. The minimum atomic E-state index is -0.453. The number of benzene rings is 2. The first kappa shape index (κ1) is 13.9. The first-order valence-electron chi connectivity index (χ1n) is 6.37. The summed E-state index contributed by atoms with van der Waals surface area (Å²) in [6.45, 7) is 2.70. The molecule has 2 rings (SSSR count). The van der Waals surface area contributed by atoms with Crippen LogP contribution in [0.2, 0.25) is 0 Å². The number of methoxy groups -OCH3 is 1. The van der Waals surface area contributed by atoms with Crippen molar-refractivity contribution in [2.24, 2.45) is 5.73 Å². The lowest BCUT2D eigenvalue weighted by atomic mass is 10.1. The SMILES string of the molecule is COc1ccc(C(N)=O)cc1NCc1ccc(C)cc1. The van der Waals surface area contributed by atoms with Crippen LogP contribution in [-0.2, 0) is 6.54 Å². The van der Waals surface area contributed by atoms with Crippen LogP contribution in [0.5, 0.6) is 5.75 Å². The molecule has 0 atom stereocenters. The van der Waals surface area contributed by atoms with Crippen molar-refractivity contribution in [1.82, 2.24) is 0 Å². The molecule has 3 N–H and O–H groups in total. The molecule has 0 heterocycles. The predicted molar refractivity (Wildman–Crippen MR) is 80.0 cm³/mol. The van der Waals surface area contributed by atoms with Crippen LogP contribution in [-0.4, -0.2) is 13.0 Å². The number of carbonyl (C=O) groups excluding carboxylic acids is 1. The number of rotatable bonds is 5. The Labute approximate surface area is 118 Å². The van der Waals surface area contributed by atoms with Gasteiger partial charge in [-0.3, -0.25) is 4.79 Å². The van der Waals surface area contributed by atoms with Crippen molar-refractivity contribution in [3.63, 3.8) is 0 Å². The number of hydrogen-bond acceptors (Lipinski definition) is 3. The third-order valence-electron chi connectivity index (χ3n) is 3.09. The van der Waals surface area contributed by atoms with Crippen LogP contribution in [0.15, 0.2) is 42.5 Å². The highest BCUT2D eigenvalue weighted by Gasteiger charge is 2.07. The van der Waals surface area contributed by atoms with Gasteiger partial charge in [0.1, 0.15) is 5.75 Å². The minimum absolute atomic E-state index is 0.453. The van der Waals surface area contributed by atoms with Gasteiger partial charge in [0.2, 0.25) is 5.91 Å². The summed E-state index contributed by atoms with van der Waals surface area (Å²) in [5.74, 6) is 0.230. The third-order valence-corrected chi connectivity index (χ3v) is 3.09. The Kier molecular flexibility index (Phi) is 4.25. The second-order valence-corrected chi connectivity index (χ2v) is 4.62. The van der Waals surface area contributed by atoms with Crippen LogP contribution in [0.1, 0.15) is 21.5 Å². The summed E-state index contributed by atoms with van der Waals surface area (Å²) >= 11 is 0. The Morgan fingerprint density at radius 3 is 2.50 bits per heavy atom. The highest BCUT2D eigenvalue weighted by Crippen LogP contribution is 2.26. The molecule has 2 aromatic rings. The summed E-state index contributed by atoms with van der Waals surface area (Å²) in [5.41, 5.74) is 8.88. The molecule has 0 aliphatic heterocycles. The smallest absolute Gasteiger partial charge is 0.248 e. The molecule has 0 bridgehead atoms. The molecule has 0 saturated carbocycles. The zero-order valence-corrected chi connectivity index (χ0v) is 11.6. The third kappa shape index (κ3) is 3.29. The van der Waals surface area contributed by atoms with Crippen LogP contribution in [0, 0.1) is 6.92 Å². The lowest BCUT2D eigenvalue weighted by Gasteiger charge is -2.12. The fourth-order valence-electron chi connectivity index (χ4n) is 1.90. The number of ether oxygens (including phenoxy) is 1. The lowest BCUT2D eigenvalue weighted by Crippen LogP contribution is -2.11. The van der Waals surface area contributed by atoms with Crippen LogP contribution in [0.4, 0.5) is 5.69 Å². The molecule has 1 amide bonds. The number of aryl methyl sites for hydroxylation is 1. The maximum atomic E-state index is 11.2. The molecule has 0 radical (unpaired) electrons. The summed E-state index contributed by atoms with van der Waals surface area (Å²) in [4.78, 5) is 11.2. The van der Waals surface area contributed by atoms with Gasteiger partial charge in [0, 0.05) is 12.1 Å². The summed E-state index contributed by atoms with van der Waals surface area (Å²) < 4.78 is 5.27. The molecule has 0 aliphatic rings. The van der Waals surface area contributed by atoms with Gasteiger partial charge < -0.3 is 15.8 Å². The minimum Gasteiger partial charge on any atom is -0.495 e. The van der Waals surface area contributed by atoms with Crippen LogP contribution in [0.3, 0.4) is 0 Å². The standard InChI is InChI=1S/C16H18N2O2/c1-11-3-5-12(6-4-11)10-18-14-9-13(16(17)19)7-8-15(14)20-2/h3-9,18H,10H2,1-2H3,(H2,17,19). The molecule has 0 fully saturated rings. The van der Waals surface area contributed by atoms with Gasteiger partial charge in [0.25, 0.3) is 0 Å². The van der Waals surface area contributed by atoms with E-state index in [2.05, 4.69) is 36.5 Å². The average Bonchev–Trinajstić information content (AvgIpc) is 2.46. The van der Waals surface area contributed by atoms with Crippen molar-refractivity contribution in [3.05, 3.63) is 59.2 Å². The van der Waals surface area contributed by atoms with Gasteiger partial charge in [-0.15, -0.1) is 0 Å². The van der Waals surface area contributed by atoms with Crippen molar-refractivity contribution < 1.29 is 9.53 Å². The molecule has 0 saturated heterocycles. The van der Waals surface area contributed by atoms with E-state index < -0.39 is 5.91 Å². The Hall–Kier alpha value is -2.49. The topological polar surface area (TPSA) is 64.3 Å². The fourth-order valence-corrected chi connectivity index (χ4v) is 1.90. The first-order valence-corrected chi connectivity index (χ1v) is 6.37. The van der Waals surface area contributed by atoms with Gasteiger partial charge in [0.05, 0.1) is 12.8 Å². The van der Waals surface area contributed by atoms with Crippen molar-refractivity contribution in [2.45, 2.75) is 13.5 Å². The summed E-state index contributed by atoms with van der Waals surface area (Å²) in [5, 5.41) is 3.26. The zero-order valence-electron chi connectivity index (χ0n) is 11.6. The number of nitrogens with two attached hydrogens (primary N) is 1. The highest BCUT2D eigenvalue weighted by atomic mass is 16.5. The number of amides is 1. The van der Waals surface area contributed by atoms with E-state index in [9.17, 15) is 4.79 Å². The number of primary amides is 1. The lowest BCUT2D eigenvalue weighted by molar-refractivity contribution is 0.100. The zero-order chi connectivity index (χ0) is 14.5. The van der Waals surface area contributed by atoms with Crippen molar-refractivity contribution in [3.8, 4) is 5.75 Å². The van der Waals surface area contributed by atoms with E-state index in [-0.39, 0.29) is 0 Å². The Morgan fingerprint density at radius 2 is 1.90 bits per heavy atom. The van der Waals surface area contributed by atoms with Gasteiger partial charge in [-0.25, -0.2) is 0 Å². The maximum Gasteiger partial charge on any atom is 0.248 e. The molecule has 4 heteroatoms. The first-order chi connectivity index (χ1) is 9.60. The Bertz CT molecular complexity index is 606. The summed E-state index contributed by atoms with van der Waals surface area (Å²) in [6.07, 6.45) is 0. The van der Waals surface area contributed by atoms with E-state index in [0.717, 1.165) is 11.3 Å². The largest absolute Gasteiger partial charge is 0.495 e. The highest BCUT2D eigenvalue weighted by molar-refractivity contribution is 5.94. The normalized spacial score (nSPS) is 10.1. The number of anilines is 1. The van der Waals surface area contributed by atoms with Crippen LogP contribution in [0.25, 0.3) is 0 Å². The fraction of sp³-hybridized carbons (Fsp3) is 0.188. The summed E-state index contributed by atoms with van der Waals surface area (Å²) in [6, 6.07) is 13.3. The van der Waals surface area contributed by atoms with Crippen molar-refractivity contribution >= 4 is 11.6 Å². The number of carbonyl (C=O) groups is 1. The molecule has 0 unspecified atom stereocenters. The van der Waals surface area contributed by atoms with Gasteiger partial charge >= 0.3 is 0 Å². The molecular formula is C16H18N2O2. The van der Waals surface area contributed by atoms with Crippen molar-refractivity contribution in [1.29, 1.82) is 0 Å². The van der Waals surface area contributed by atoms with Crippen LogP contribution >= 0.6 is 0 Å². The monoisotopic (exact) mass is 270 g/mol. The Balaban J connectivity index is 2.16. The second-order valence-electron chi connectivity index (χ2n) is 4.62. The van der Waals surface area contributed by atoms with Gasteiger partial charge in [-0.05, 0) is 30.7 Å². The van der Waals surface area contributed by atoms with E-state index in [1.807, 2.05) is 0 Å². The van der Waals surface area contributed by atoms with E-state index in [0.29, 0.717) is 17.9 Å². The van der Waals surface area contributed by atoms with Crippen molar-refractivity contribution in [2.75, 3.05) is 12.4 Å². The maximum absolute atomic E-state index is 11.2. The van der Waals surface area contributed by atoms with Crippen LogP contribution < -0.4 is 15.8 Å². The molecule has 0 aromatic heterocycles. The predicted octanol–water partition coefficient (Wildman–Crippen LogP) is 2.71. The molecular weight excluding hydrogens is 252 g/mol. The number of hydrogen-bond donors (Lipinski definition) is 2. The van der Waals surface area contributed by atoms with Gasteiger partial charge in [-0.1, -0.05) is 29.8 Å². The van der Waals surface area contributed by atoms with Gasteiger partial charge in [-0.2, -0.15) is 0 Å². The second kappa shape index (κ2) is 6.10. The molecule has 104 valence electrons. The summed E-state index contributed by atoms with van der Waals surface area (Å²) in [7, 11) is 1.59. The molecule has 20 heavy (non-hydrogen) atoms. The molecule has 2 aromatic carbocycles.